The third-order valence-corrected chi connectivity index (χ3v) is 4.72. The molecule has 2 rings (SSSR count). The first-order chi connectivity index (χ1) is 8.26. The Kier molecular flexibility index (Phi) is 4.83. The van der Waals surface area contributed by atoms with Gasteiger partial charge in [-0.3, -0.25) is 0 Å². The SMILES string of the molecule is OCC1(CN[C@@H]2CCCC[C@H]2O)CCCCC1. The molecular formula is C14H27NO2. The van der Waals surface area contributed by atoms with Crippen LogP contribution >= 0.6 is 0 Å². The van der Waals surface area contributed by atoms with E-state index in [2.05, 4.69) is 5.32 Å². The van der Waals surface area contributed by atoms with Gasteiger partial charge in [-0.2, -0.15) is 0 Å². The van der Waals surface area contributed by atoms with Gasteiger partial charge in [-0.15, -0.1) is 0 Å². The van der Waals surface area contributed by atoms with Crippen LogP contribution in [0.25, 0.3) is 0 Å². The maximum Gasteiger partial charge on any atom is 0.0693 e. The Hall–Kier alpha value is -0.120. The van der Waals surface area contributed by atoms with E-state index in [1.165, 1.54) is 25.7 Å². The molecule has 0 aromatic rings. The van der Waals surface area contributed by atoms with Gasteiger partial charge in [0.25, 0.3) is 0 Å². The monoisotopic (exact) mass is 241 g/mol. The summed E-state index contributed by atoms with van der Waals surface area (Å²) in [5, 5.41) is 23.1. The Morgan fingerprint density at radius 2 is 1.71 bits per heavy atom. The van der Waals surface area contributed by atoms with Gasteiger partial charge < -0.3 is 15.5 Å². The van der Waals surface area contributed by atoms with Crippen LogP contribution in [0.5, 0.6) is 0 Å². The van der Waals surface area contributed by atoms with Crippen molar-refractivity contribution in [3.63, 3.8) is 0 Å². The maximum atomic E-state index is 9.93. The van der Waals surface area contributed by atoms with Gasteiger partial charge in [0.1, 0.15) is 0 Å². The van der Waals surface area contributed by atoms with Gasteiger partial charge in [-0.25, -0.2) is 0 Å². The highest BCUT2D eigenvalue weighted by Crippen LogP contribution is 2.35. The first-order valence-corrected chi connectivity index (χ1v) is 7.28. The van der Waals surface area contributed by atoms with E-state index in [1.807, 2.05) is 0 Å². The van der Waals surface area contributed by atoms with Crippen LogP contribution in [0.4, 0.5) is 0 Å². The van der Waals surface area contributed by atoms with Gasteiger partial charge in [0.15, 0.2) is 0 Å². The van der Waals surface area contributed by atoms with E-state index in [0.717, 1.165) is 38.6 Å². The zero-order chi connectivity index (χ0) is 12.1. The van der Waals surface area contributed by atoms with Crippen LogP contribution in [0.15, 0.2) is 0 Å². The summed E-state index contributed by atoms with van der Waals surface area (Å²) >= 11 is 0. The molecule has 3 N–H and O–H groups in total. The van der Waals surface area contributed by atoms with Crippen LogP contribution in [0.1, 0.15) is 57.8 Å². The van der Waals surface area contributed by atoms with Crippen LogP contribution in [-0.4, -0.2) is 35.5 Å². The molecule has 3 nitrogen and oxygen atoms in total. The fraction of sp³-hybridized carbons (Fsp3) is 1.00. The molecule has 0 aliphatic heterocycles. The molecule has 17 heavy (non-hydrogen) atoms. The number of hydrogen-bond donors (Lipinski definition) is 3. The van der Waals surface area contributed by atoms with Gasteiger partial charge in [0, 0.05) is 24.6 Å². The lowest BCUT2D eigenvalue weighted by Gasteiger charge is -2.38. The summed E-state index contributed by atoms with van der Waals surface area (Å²) in [6.07, 6.45) is 10.3. The zero-order valence-electron chi connectivity index (χ0n) is 10.8. The van der Waals surface area contributed by atoms with Crippen molar-refractivity contribution in [1.82, 2.24) is 5.32 Å². The average Bonchev–Trinajstić information content (AvgIpc) is 2.39. The smallest absolute Gasteiger partial charge is 0.0693 e. The van der Waals surface area contributed by atoms with E-state index in [1.54, 1.807) is 0 Å². The molecule has 0 amide bonds. The van der Waals surface area contributed by atoms with Crippen LogP contribution < -0.4 is 5.32 Å². The van der Waals surface area contributed by atoms with Crippen molar-refractivity contribution in [1.29, 1.82) is 0 Å². The van der Waals surface area contributed by atoms with Crippen LogP contribution in [0.3, 0.4) is 0 Å². The van der Waals surface area contributed by atoms with E-state index in [0.29, 0.717) is 6.61 Å². The maximum absolute atomic E-state index is 9.93. The Bertz CT molecular complexity index is 226. The van der Waals surface area contributed by atoms with Gasteiger partial charge in [0.2, 0.25) is 0 Å². The highest BCUT2D eigenvalue weighted by Gasteiger charge is 2.33. The van der Waals surface area contributed by atoms with Gasteiger partial charge >= 0.3 is 0 Å². The van der Waals surface area contributed by atoms with Crippen molar-refractivity contribution in [2.24, 2.45) is 5.41 Å². The second-order valence-electron chi connectivity index (χ2n) is 6.06. The molecule has 2 aliphatic carbocycles. The Labute approximate surface area is 105 Å². The molecule has 0 aromatic heterocycles. The molecule has 0 saturated heterocycles. The van der Waals surface area contributed by atoms with Crippen molar-refractivity contribution >= 4 is 0 Å². The summed E-state index contributed by atoms with van der Waals surface area (Å²) in [6, 6.07) is 0.258. The molecule has 0 bridgehead atoms. The highest BCUT2D eigenvalue weighted by molar-refractivity contribution is 4.88. The summed E-state index contributed by atoms with van der Waals surface area (Å²) in [4.78, 5) is 0. The van der Waals surface area contributed by atoms with E-state index in [4.69, 9.17) is 0 Å². The number of hydrogen-bond acceptors (Lipinski definition) is 3. The minimum absolute atomic E-state index is 0.0927. The molecule has 0 unspecified atom stereocenters. The molecule has 2 saturated carbocycles. The summed E-state index contributed by atoms with van der Waals surface area (Å²) < 4.78 is 0. The molecule has 0 spiro atoms. The van der Waals surface area contributed by atoms with Crippen LogP contribution in [0.2, 0.25) is 0 Å². The van der Waals surface area contributed by atoms with E-state index < -0.39 is 0 Å². The summed E-state index contributed by atoms with van der Waals surface area (Å²) in [6.45, 7) is 1.17. The topological polar surface area (TPSA) is 52.5 Å². The fourth-order valence-corrected chi connectivity index (χ4v) is 3.39. The zero-order valence-corrected chi connectivity index (χ0v) is 10.8. The predicted octanol–water partition coefficient (Wildman–Crippen LogP) is 1.82. The molecule has 2 fully saturated rings. The Morgan fingerprint density at radius 1 is 1.00 bits per heavy atom. The van der Waals surface area contributed by atoms with Crippen molar-refractivity contribution in [3.05, 3.63) is 0 Å². The van der Waals surface area contributed by atoms with Crippen molar-refractivity contribution < 1.29 is 10.2 Å². The molecule has 0 heterocycles. The Morgan fingerprint density at radius 3 is 2.35 bits per heavy atom. The van der Waals surface area contributed by atoms with Crippen molar-refractivity contribution in [2.45, 2.75) is 69.9 Å². The summed E-state index contributed by atoms with van der Waals surface area (Å²) in [5.74, 6) is 0. The number of aliphatic hydroxyl groups excluding tert-OH is 2. The molecule has 0 radical (unpaired) electrons. The van der Waals surface area contributed by atoms with Gasteiger partial charge in [0.05, 0.1) is 6.10 Å². The van der Waals surface area contributed by atoms with E-state index in [9.17, 15) is 10.2 Å². The summed E-state index contributed by atoms with van der Waals surface area (Å²) in [5.41, 5.74) is 0.0927. The molecule has 3 heteroatoms. The van der Waals surface area contributed by atoms with Crippen molar-refractivity contribution in [2.75, 3.05) is 13.2 Å². The lowest BCUT2D eigenvalue weighted by Crippen LogP contribution is -2.48. The van der Waals surface area contributed by atoms with E-state index in [-0.39, 0.29) is 17.6 Å². The second kappa shape index (κ2) is 6.17. The quantitative estimate of drug-likeness (QED) is 0.704. The molecular weight excluding hydrogens is 214 g/mol. The third-order valence-electron chi connectivity index (χ3n) is 4.72. The predicted molar refractivity (Wildman–Crippen MR) is 68.9 cm³/mol. The second-order valence-corrected chi connectivity index (χ2v) is 6.06. The molecule has 2 atom stereocenters. The minimum Gasteiger partial charge on any atom is -0.396 e. The lowest BCUT2D eigenvalue weighted by molar-refractivity contribution is 0.0519. The number of nitrogens with one attached hydrogen (secondary N) is 1. The molecule has 100 valence electrons. The first-order valence-electron chi connectivity index (χ1n) is 7.28. The van der Waals surface area contributed by atoms with Crippen LogP contribution in [-0.2, 0) is 0 Å². The minimum atomic E-state index is -0.178. The van der Waals surface area contributed by atoms with Crippen LogP contribution in [0, 0.1) is 5.41 Å². The van der Waals surface area contributed by atoms with E-state index >= 15 is 0 Å². The largest absolute Gasteiger partial charge is 0.396 e. The summed E-state index contributed by atoms with van der Waals surface area (Å²) in [7, 11) is 0. The number of rotatable bonds is 4. The standard InChI is InChI=1S/C14H27NO2/c16-11-14(8-4-1-5-9-14)10-15-12-6-2-3-7-13(12)17/h12-13,15-17H,1-11H2/t12-,13-/m1/s1. The highest BCUT2D eigenvalue weighted by atomic mass is 16.3. The average molecular weight is 241 g/mol. The van der Waals surface area contributed by atoms with Gasteiger partial charge in [-0.1, -0.05) is 32.1 Å². The lowest BCUT2D eigenvalue weighted by atomic mass is 9.74. The fourth-order valence-electron chi connectivity index (χ4n) is 3.39. The Balaban J connectivity index is 1.82. The first kappa shape index (κ1) is 13.3. The normalized spacial score (nSPS) is 33.5. The molecule has 2 aliphatic rings. The van der Waals surface area contributed by atoms with Gasteiger partial charge in [-0.05, 0) is 25.7 Å². The molecule has 0 aromatic carbocycles. The number of aliphatic hydroxyl groups is 2. The third kappa shape index (κ3) is 3.43. The van der Waals surface area contributed by atoms with Crippen molar-refractivity contribution in [3.8, 4) is 0 Å².